The summed E-state index contributed by atoms with van der Waals surface area (Å²) >= 11 is 0. The second-order valence-electron chi connectivity index (χ2n) is 8.07. The van der Waals surface area contributed by atoms with Crippen molar-refractivity contribution in [3.8, 4) is 0 Å². The molecular weight excluding hydrogens is 356 g/mol. The third-order valence-electron chi connectivity index (χ3n) is 5.98. The summed E-state index contributed by atoms with van der Waals surface area (Å²) in [5.41, 5.74) is 6.35. The number of rotatable bonds is 4. The SMILES string of the molecule is CC(C)(c1ccccc1)c1ccc(C2=NC(C3=CC=C3)=C3C=NC=C[N+]23N)cc1. The number of hydrogen-bond acceptors (Lipinski definition) is 3. The largest absolute Gasteiger partial charge is 0.265 e. The maximum Gasteiger partial charge on any atom is 0.265 e. The van der Waals surface area contributed by atoms with Crippen LogP contribution in [0.3, 0.4) is 0 Å². The number of amidine groups is 1. The summed E-state index contributed by atoms with van der Waals surface area (Å²) in [7, 11) is 0. The highest BCUT2D eigenvalue weighted by atomic mass is 15.6. The molecule has 4 heteroatoms. The number of fused-ring (bicyclic) bond motifs is 1. The highest BCUT2D eigenvalue weighted by molar-refractivity contribution is 6.01. The molecule has 1 unspecified atom stereocenters. The number of nitrogens with two attached hydrogens (primary N) is 1. The minimum atomic E-state index is -0.0833. The molecule has 1 aliphatic carbocycles. The van der Waals surface area contributed by atoms with Crippen molar-refractivity contribution in [1.82, 2.24) is 0 Å². The Balaban J connectivity index is 1.52. The minimum Gasteiger partial charge on any atom is -0.253 e. The Morgan fingerprint density at radius 1 is 0.931 bits per heavy atom. The lowest BCUT2D eigenvalue weighted by Gasteiger charge is -2.28. The van der Waals surface area contributed by atoms with Crippen LogP contribution in [0.4, 0.5) is 0 Å². The predicted octanol–water partition coefficient (Wildman–Crippen LogP) is 4.73. The van der Waals surface area contributed by atoms with E-state index in [4.69, 9.17) is 10.8 Å². The monoisotopic (exact) mass is 379 g/mol. The fraction of sp³-hybridized carbons (Fsp3) is 0.120. The van der Waals surface area contributed by atoms with Gasteiger partial charge in [0.15, 0.2) is 0 Å². The standard InChI is InChI=1S/C25H23N4/c1-25(2,20-9-4-3-5-10-20)21-13-11-19(12-14-21)24-28-23(18-7-6-8-18)22-17-27-15-16-29(22,24)26/h3-17H,26H2,1-2H3/q+1. The molecular formula is C25H23N4+. The summed E-state index contributed by atoms with van der Waals surface area (Å²) in [6.07, 6.45) is 11.5. The lowest BCUT2D eigenvalue weighted by atomic mass is 9.78. The third-order valence-corrected chi connectivity index (χ3v) is 5.98. The molecule has 29 heavy (non-hydrogen) atoms. The summed E-state index contributed by atoms with van der Waals surface area (Å²) in [6.45, 7) is 4.50. The lowest BCUT2D eigenvalue weighted by Crippen LogP contribution is -2.53. The molecule has 0 amide bonds. The molecule has 2 heterocycles. The Bertz CT molecular complexity index is 1160. The number of nitrogens with zero attached hydrogens (tertiary/aromatic N) is 3. The van der Waals surface area contributed by atoms with Crippen molar-refractivity contribution in [2.24, 2.45) is 15.8 Å². The first-order valence-corrected chi connectivity index (χ1v) is 9.78. The van der Waals surface area contributed by atoms with E-state index < -0.39 is 0 Å². The molecule has 0 fully saturated rings. The van der Waals surface area contributed by atoms with Gasteiger partial charge in [-0.2, -0.15) is 10.8 Å². The molecule has 0 spiro atoms. The van der Waals surface area contributed by atoms with Crippen LogP contribution in [0, 0.1) is 0 Å². The van der Waals surface area contributed by atoms with Crippen LogP contribution in [0.2, 0.25) is 0 Å². The molecule has 2 aromatic carbocycles. The van der Waals surface area contributed by atoms with Crippen molar-refractivity contribution in [3.63, 3.8) is 0 Å². The Kier molecular flexibility index (Phi) is 3.88. The van der Waals surface area contributed by atoms with Crippen molar-refractivity contribution in [2.45, 2.75) is 19.3 Å². The van der Waals surface area contributed by atoms with E-state index in [0.29, 0.717) is 0 Å². The molecule has 2 aliphatic heterocycles. The number of benzene rings is 2. The fourth-order valence-corrected chi connectivity index (χ4v) is 4.00. The average molecular weight is 379 g/mol. The van der Waals surface area contributed by atoms with E-state index >= 15 is 0 Å². The van der Waals surface area contributed by atoms with Crippen LogP contribution < -0.4 is 5.84 Å². The van der Waals surface area contributed by atoms with Gasteiger partial charge in [-0.3, -0.25) is 4.99 Å². The van der Waals surface area contributed by atoms with E-state index in [-0.39, 0.29) is 10.0 Å². The minimum absolute atomic E-state index is 0.0471. The summed E-state index contributed by atoms with van der Waals surface area (Å²) in [5, 5.41) is 0. The molecule has 0 radical (unpaired) electrons. The summed E-state index contributed by atoms with van der Waals surface area (Å²) < 4.78 is 0.0471. The van der Waals surface area contributed by atoms with E-state index in [1.807, 2.05) is 18.5 Å². The Labute approximate surface area is 171 Å². The van der Waals surface area contributed by atoms with Crippen LogP contribution in [0.15, 0.2) is 112 Å². The van der Waals surface area contributed by atoms with Crippen LogP contribution in [0.1, 0.15) is 30.5 Å². The third kappa shape index (κ3) is 2.69. The predicted molar refractivity (Wildman–Crippen MR) is 118 cm³/mol. The van der Waals surface area contributed by atoms with Gasteiger partial charge < -0.3 is 0 Å². The maximum atomic E-state index is 6.78. The molecule has 0 saturated heterocycles. The van der Waals surface area contributed by atoms with Crippen LogP contribution in [0.5, 0.6) is 0 Å². The molecule has 2 N–H and O–H groups in total. The van der Waals surface area contributed by atoms with Crippen LogP contribution in [-0.2, 0) is 5.41 Å². The first-order valence-electron chi connectivity index (χ1n) is 9.78. The first-order chi connectivity index (χ1) is 14.0. The van der Waals surface area contributed by atoms with E-state index in [1.54, 1.807) is 6.20 Å². The van der Waals surface area contributed by atoms with Gasteiger partial charge in [0.25, 0.3) is 5.84 Å². The molecule has 0 bridgehead atoms. The van der Waals surface area contributed by atoms with Gasteiger partial charge in [0.2, 0.25) is 5.70 Å². The van der Waals surface area contributed by atoms with Crippen LogP contribution in [-0.4, -0.2) is 16.6 Å². The van der Waals surface area contributed by atoms with Gasteiger partial charge in [-0.1, -0.05) is 74.5 Å². The van der Waals surface area contributed by atoms with E-state index in [1.165, 1.54) is 11.1 Å². The molecule has 5 rings (SSSR count). The van der Waals surface area contributed by atoms with Gasteiger partial charge in [0, 0.05) is 11.0 Å². The Hall–Kier alpha value is -3.34. The number of quaternary nitrogens is 1. The van der Waals surface area contributed by atoms with E-state index in [9.17, 15) is 0 Å². The van der Waals surface area contributed by atoms with Crippen molar-refractivity contribution in [1.29, 1.82) is 0 Å². The highest BCUT2D eigenvalue weighted by Crippen LogP contribution is 2.37. The van der Waals surface area contributed by atoms with Gasteiger partial charge in [-0.25, -0.2) is 0 Å². The Morgan fingerprint density at radius 2 is 1.62 bits per heavy atom. The zero-order chi connectivity index (χ0) is 20.1. The average Bonchev–Trinajstić information content (AvgIpc) is 3.00. The van der Waals surface area contributed by atoms with Gasteiger partial charge in [0.1, 0.15) is 11.9 Å². The highest BCUT2D eigenvalue weighted by Gasteiger charge is 2.44. The summed E-state index contributed by atoms with van der Waals surface area (Å²) in [4.78, 5) is 9.21. The number of aliphatic imine (C=N–C) groups is 2. The number of hydrogen-bond donors (Lipinski definition) is 1. The van der Waals surface area contributed by atoms with Crippen molar-refractivity contribution in [3.05, 3.63) is 119 Å². The van der Waals surface area contributed by atoms with Gasteiger partial charge in [-0.15, -0.1) is 4.59 Å². The molecule has 1 atom stereocenters. The first kappa shape index (κ1) is 17.7. The second kappa shape index (κ2) is 6.34. The Morgan fingerprint density at radius 3 is 2.28 bits per heavy atom. The maximum absolute atomic E-state index is 6.78. The molecule has 4 nitrogen and oxygen atoms in total. The summed E-state index contributed by atoms with van der Waals surface area (Å²) in [5.74, 6) is 7.59. The zero-order valence-corrected chi connectivity index (χ0v) is 16.6. The molecule has 3 aliphatic rings. The van der Waals surface area contributed by atoms with Gasteiger partial charge in [-0.05, 0) is 23.3 Å². The molecule has 142 valence electrons. The lowest BCUT2D eigenvalue weighted by molar-refractivity contribution is -0.750. The topological polar surface area (TPSA) is 50.7 Å². The normalized spacial score (nSPS) is 22.3. The van der Waals surface area contributed by atoms with E-state index in [0.717, 1.165) is 28.4 Å². The summed E-state index contributed by atoms with van der Waals surface area (Å²) in [6, 6.07) is 19.2. The quantitative estimate of drug-likeness (QED) is 0.606. The van der Waals surface area contributed by atoms with Crippen LogP contribution >= 0.6 is 0 Å². The van der Waals surface area contributed by atoms with E-state index in [2.05, 4.69) is 85.6 Å². The molecule has 2 aromatic rings. The van der Waals surface area contributed by atoms with Gasteiger partial charge >= 0.3 is 0 Å². The van der Waals surface area contributed by atoms with Crippen molar-refractivity contribution < 1.29 is 4.59 Å². The second-order valence-corrected chi connectivity index (χ2v) is 8.07. The fourth-order valence-electron chi connectivity index (χ4n) is 4.00. The number of allylic oxidation sites excluding steroid dienone is 4. The smallest absolute Gasteiger partial charge is 0.253 e. The molecule has 0 aromatic heterocycles. The molecule has 0 saturated carbocycles. The van der Waals surface area contributed by atoms with Crippen LogP contribution in [0.25, 0.3) is 0 Å². The van der Waals surface area contributed by atoms with Gasteiger partial charge in [0.05, 0.1) is 18.0 Å². The zero-order valence-electron chi connectivity index (χ0n) is 16.6. The van der Waals surface area contributed by atoms with Crippen molar-refractivity contribution in [2.75, 3.05) is 0 Å². The van der Waals surface area contributed by atoms with Crippen molar-refractivity contribution >= 4 is 12.1 Å².